The zero-order valence-electron chi connectivity index (χ0n) is 22.1. The summed E-state index contributed by atoms with van der Waals surface area (Å²) in [7, 11) is 0. The molecule has 3 aliphatic rings. The van der Waals surface area contributed by atoms with Gasteiger partial charge < -0.3 is 20.3 Å². The van der Waals surface area contributed by atoms with Crippen molar-refractivity contribution in [1.29, 1.82) is 0 Å². The second-order valence-electron chi connectivity index (χ2n) is 11.3. The van der Waals surface area contributed by atoms with E-state index in [1.165, 1.54) is 0 Å². The van der Waals surface area contributed by atoms with Gasteiger partial charge in [0.2, 0.25) is 5.91 Å². The Morgan fingerprint density at radius 3 is 2.26 bits per heavy atom. The van der Waals surface area contributed by atoms with Crippen LogP contribution in [-0.4, -0.2) is 66.6 Å². The van der Waals surface area contributed by atoms with Crippen LogP contribution >= 0.6 is 0 Å². The molecule has 2 amide bonds. The number of amides is 2. The molecule has 3 fully saturated rings. The van der Waals surface area contributed by atoms with Gasteiger partial charge in [0.1, 0.15) is 11.8 Å². The molecule has 1 atom stereocenters. The fourth-order valence-corrected chi connectivity index (χ4v) is 6.20. The van der Waals surface area contributed by atoms with Gasteiger partial charge in [-0.2, -0.15) is 13.2 Å². The van der Waals surface area contributed by atoms with E-state index in [2.05, 4.69) is 0 Å². The molecule has 0 aromatic heterocycles. The summed E-state index contributed by atoms with van der Waals surface area (Å²) in [5.74, 6) is 0.344. The molecular formula is C30H36F3N3O3. The summed E-state index contributed by atoms with van der Waals surface area (Å²) in [6.45, 7) is 2.49. The van der Waals surface area contributed by atoms with E-state index < -0.39 is 23.5 Å². The zero-order valence-corrected chi connectivity index (χ0v) is 22.1. The van der Waals surface area contributed by atoms with Gasteiger partial charge in [-0.05, 0) is 86.9 Å². The van der Waals surface area contributed by atoms with Crippen molar-refractivity contribution in [3.05, 3.63) is 54.1 Å². The number of carbonyl (C=O) groups excluding carboxylic acids is 2. The largest absolute Gasteiger partial charge is 0.493 e. The number of primary amides is 1. The highest BCUT2D eigenvalue weighted by molar-refractivity contribution is 6.03. The number of ether oxygens (including phenoxy) is 1. The molecule has 2 aromatic carbocycles. The van der Waals surface area contributed by atoms with Crippen LogP contribution in [0.4, 0.5) is 13.2 Å². The molecule has 39 heavy (non-hydrogen) atoms. The van der Waals surface area contributed by atoms with E-state index in [1.807, 2.05) is 47.4 Å². The van der Waals surface area contributed by atoms with Crippen molar-refractivity contribution in [2.45, 2.75) is 57.2 Å². The Kier molecular flexibility index (Phi) is 7.89. The van der Waals surface area contributed by atoms with Crippen LogP contribution in [0.15, 0.2) is 48.5 Å². The quantitative estimate of drug-likeness (QED) is 0.493. The number of rotatable bonds is 8. The summed E-state index contributed by atoms with van der Waals surface area (Å²) in [5, 5.41) is 0. The number of hydrogen-bond donors (Lipinski definition) is 1. The Bertz CT molecular complexity index is 1170. The highest BCUT2D eigenvalue weighted by Gasteiger charge is 2.58. The van der Waals surface area contributed by atoms with Crippen LogP contribution in [0.3, 0.4) is 0 Å². The van der Waals surface area contributed by atoms with E-state index in [9.17, 15) is 22.8 Å². The number of likely N-dealkylation sites (tertiary alicyclic amines) is 2. The van der Waals surface area contributed by atoms with Gasteiger partial charge in [-0.25, -0.2) is 0 Å². The first-order chi connectivity index (χ1) is 18.7. The lowest BCUT2D eigenvalue weighted by Gasteiger charge is -2.47. The summed E-state index contributed by atoms with van der Waals surface area (Å²) >= 11 is 0. The van der Waals surface area contributed by atoms with Gasteiger partial charge >= 0.3 is 6.18 Å². The Hall–Kier alpha value is -3.07. The molecule has 1 saturated carbocycles. The molecule has 2 aliphatic heterocycles. The predicted octanol–water partition coefficient (Wildman–Crippen LogP) is 5.27. The first-order valence-electron chi connectivity index (χ1n) is 13.9. The number of alkyl halides is 3. The normalized spacial score (nSPS) is 21.9. The molecular weight excluding hydrogens is 507 g/mol. The molecule has 210 valence electrons. The first kappa shape index (κ1) is 27.5. The van der Waals surface area contributed by atoms with Crippen molar-refractivity contribution in [2.75, 3.05) is 32.8 Å². The molecule has 9 heteroatoms. The van der Waals surface area contributed by atoms with Gasteiger partial charge in [0.25, 0.3) is 5.91 Å². The smallest absolute Gasteiger partial charge is 0.395 e. The Morgan fingerprint density at radius 2 is 1.64 bits per heavy atom. The molecule has 6 nitrogen and oxygen atoms in total. The summed E-state index contributed by atoms with van der Waals surface area (Å²) in [6, 6.07) is 14.3. The number of hydrogen-bond acceptors (Lipinski definition) is 4. The number of halogens is 3. The minimum absolute atomic E-state index is 0.121. The number of nitrogens with two attached hydrogens (primary N) is 1. The third-order valence-electron chi connectivity index (χ3n) is 8.80. The SMILES string of the molecule is NC(=O)[C@@H]1CCCN1C(=O)c1ccccc1-c1ccc(OCC2CCN(CC3(C(F)(F)F)CCC3)CC2)cc1. The van der Waals surface area contributed by atoms with E-state index in [0.29, 0.717) is 56.3 Å². The molecule has 0 bridgehead atoms. The van der Waals surface area contributed by atoms with Crippen LogP contribution in [-0.2, 0) is 4.79 Å². The van der Waals surface area contributed by atoms with Crippen molar-refractivity contribution in [2.24, 2.45) is 17.1 Å². The van der Waals surface area contributed by atoms with Crippen molar-refractivity contribution >= 4 is 11.8 Å². The van der Waals surface area contributed by atoms with Gasteiger partial charge in [0, 0.05) is 18.7 Å². The third-order valence-corrected chi connectivity index (χ3v) is 8.80. The number of benzene rings is 2. The number of carbonyl (C=O) groups is 2. The molecule has 0 unspecified atom stereocenters. The minimum atomic E-state index is -4.12. The van der Waals surface area contributed by atoms with Crippen LogP contribution in [0.2, 0.25) is 0 Å². The monoisotopic (exact) mass is 543 g/mol. The van der Waals surface area contributed by atoms with Crippen molar-refractivity contribution in [3.63, 3.8) is 0 Å². The molecule has 0 spiro atoms. The lowest BCUT2D eigenvalue weighted by molar-refractivity contribution is -0.256. The summed E-state index contributed by atoms with van der Waals surface area (Å²) < 4.78 is 46.6. The maximum absolute atomic E-state index is 13.5. The topological polar surface area (TPSA) is 75.9 Å². The van der Waals surface area contributed by atoms with Gasteiger partial charge in [-0.1, -0.05) is 36.8 Å². The summed E-state index contributed by atoms with van der Waals surface area (Å²) in [4.78, 5) is 28.7. The third kappa shape index (κ3) is 5.78. The fourth-order valence-electron chi connectivity index (χ4n) is 6.20. The molecule has 1 aliphatic carbocycles. The lowest BCUT2D eigenvalue weighted by Crippen LogP contribution is -2.53. The van der Waals surface area contributed by atoms with Gasteiger partial charge in [0.05, 0.1) is 12.0 Å². The maximum Gasteiger partial charge on any atom is 0.395 e. The number of nitrogens with zero attached hydrogens (tertiary/aromatic N) is 2. The van der Waals surface area contributed by atoms with Crippen LogP contribution in [0, 0.1) is 11.3 Å². The molecule has 2 aromatic rings. The Morgan fingerprint density at radius 1 is 0.949 bits per heavy atom. The molecule has 2 heterocycles. The van der Waals surface area contributed by atoms with Crippen LogP contribution in [0.25, 0.3) is 11.1 Å². The average Bonchev–Trinajstić information content (AvgIpc) is 3.40. The highest BCUT2D eigenvalue weighted by Crippen LogP contribution is 2.53. The van der Waals surface area contributed by atoms with E-state index in [-0.39, 0.29) is 25.3 Å². The van der Waals surface area contributed by atoms with Gasteiger partial charge in [0.15, 0.2) is 0 Å². The highest BCUT2D eigenvalue weighted by atomic mass is 19.4. The molecule has 2 N–H and O–H groups in total. The average molecular weight is 544 g/mol. The van der Waals surface area contributed by atoms with Gasteiger partial charge in [-0.15, -0.1) is 0 Å². The summed E-state index contributed by atoms with van der Waals surface area (Å²) in [6.07, 6.45) is 0.0305. The van der Waals surface area contributed by atoms with Crippen LogP contribution < -0.4 is 10.5 Å². The zero-order chi connectivity index (χ0) is 27.6. The predicted molar refractivity (Wildman–Crippen MR) is 142 cm³/mol. The van der Waals surface area contributed by atoms with Crippen molar-refractivity contribution < 1.29 is 27.5 Å². The van der Waals surface area contributed by atoms with E-state index in [0.717, 1.165) is 30.4 Å². The molecule has 0 radical (unpaired) electrons. The van der Waals surface area contributed by atoms with E-state index in [1.54, 1.807) is 11.0 Å². The second-order valence-corrected chi connectivity index (χ2v) is 11.3. The van der Waals surface area contributed by atoms with Crippen molar-refractivity contribution in [1.82, 2.24) is 9.80 Å². The van der Waals surface area contributed by atoms with E-state index in [4.69, 9.17) is 10.5 Å². The Balaban J connectivity index is 1.16. The molecule has 5 rings (SSSR count). The number of piperidine rings is 1. The summed E-state index contributed by atoms with van der Waals surface area (Å²) in [5.41, 5.74) is 6.19. The Labute approximate surface area is 227 Å². The fraction of sp³-hybridized carbons (Fsp3) is 0.533. The molecule has 2 saturated heterocycles. The maximum atomic E-state index is 13.5. The van der Waals surface area contributed by atoms with Gasteiger partial charge in [-0.3, -0.25) is 9.59 Å². The van der Waals surface area contributed by atoms with Crippen LogP contribution in [0.5, 0.6) is 5.75 Å². The van der Waals surface area contributed by atoms with Crippen molar-refractivity contribution in [3.8, 4) is 16.9 Å². The van der Waals surface area contributed by atoms with E-state index >= 15 is 0 Å². The first-order valence-corrected chi connectivity index (χ1v) is 13.9. The standard InChI is InChI=1S/C30H36F3N3O3/c31-30(32,33)29(14-4-15-29)20-35-17-12-21(13-18-35)19-39-23-10-8-22(9-11-23)24-5-1-2-6-25(24)28(38)36-16-3-7-26(36)27(34)37/h1-2,5-6,8-11,21,26H,3-4,7,12-20H2,(H2,34,37)/t26-/m0/s1. The van der Waals surface area contributed by atoms with Crippen LogP contribution in [0.1, 0.15) is 55.3 Å². The lowest BCUT2D eigenvalue weighted by atomic mass is 9.67. The minimum Gasteiger partial charge on any atom is -0.493 e. The second kappa shape index (κ2) is 11.2.